The van der Waals surface area contributed by atoms with E-state index in [1.165, 1.54) is 46.1 Å². The molecule has 0 amide bonds. The van der Waals surface area contributed by atoms with E-state index in [2.05, 4.69) is 14.9 Å². The summed E-state index contributed by atoms with van der Waals surface area (Å²) in [6.07, 6.45) is -2.56. The van der Waals surface area contributed by atoms with Gasteiger partial charge in [-0.2, -0.15) is 17.5 Å². The number of fused-ring (bicyclic) bond motifs is 1. The van der Waals surface area contributed by atoms with Gasteiger partial charge in [0.15, 0.2) is 5.65 Å². The van der Waals surface area contributed by atoms with Crippen LogP contribution in [0.1, 0.15) is 40.5 Å². The first-order valence-corrected chi connectivity index (χ1v) is 11.2. The molecule has 3 aromatic rings. The Balaban J connectivity index is 1.65. The van der Waals surface area contributed by atoms with Gasteiger partial charge in [0.1, 0.15) is 5.82 Å². The molecule has 8 nitrogen and oxygen atoms in total. The van der Waals surface area contributed by atoms with E-state index in [-0.39, 0.29) is 35.0 Å². The second kappa shape index (κ2) is 8.17. The lowest BCUT2D eigenvalue weighted by Crippen LogP contribution is -2.39. The van der Waals surface area contributed by atoms with E-state index in [9.17, 15) is 26.4 Å². The van der Waals surface area contributed by atoms with Gasteiger partial charge in [-0.05, 0) is 43.2 Å². The average molecular weight is 468 g/mol. The second-order valence-corrected chi connectivity index (χ2v) is 9.36. The van der Waals surface area contributed by atoms with Crippen molar-refractivity contribution in [2.45, 2.75) is 29.8 Å². The number of esters is 1. The Bertz CT molecular complexity index is 1270. The molecular formula is C20H19F3N4O4S. The van der Waals surface area contributed by atoms with E-state index in [0.29, 0.717) is 12.8 Å². The number of ether oxygens (including phenoxy) is 1. The summed E-state index contributed by atoms with van der Waals surface area (Å²) in [6, 6.07) is 7.69. The van der Waals surface area contributed by atoms with Crippen LogP contribution in [0, 0.1) is 0 Å². The lowest BCUT2D eigenvalue weighted by Gasteiger charge is -2.31. The van der Waals surface area contributed by atoms with Gasteiger partial charge >= 0.3 is 12.1 Å². The third-order valence-electron chi connectivity index (χ3n) is 5.40. The van der Waals surface area contributed by atoms with Crippen LogP contribution < -0.4 is 0 Å². The molecular weight excluding hydrogens is 449 g/mol. The number of aromatic nitrogens is 3. The van der Waals surface area contributed by atoms with Gasteiger partial charge in [-0.1, -0.05) is 6.07 Å². The molecule has 170 valence electrons. The van der Waals surface area contributed by atoms with Gasteiger partial charge in [0.05, 0.1) is 23.1 Å². The highest BCUT2D eigenvalue weighted by atomic mass is 32.2. The molecule has 2 aromatic heterocycles. The predicted octanol–water partition coefficient (Wildman–Crippen LogP) is 3.10. The molecule has 3 heterocycles. The maximum atomic E-state index is 13.2. The summed E-state index contributed by atoms with van der Waals surface area (Å²) in [5, 5.41) is 7.97. The number of carbonyl (C=O) groups excluding carboxylic acids is 1. The predicted molar refractivity (Wildman–Crippen MR) is 107 cm³/mol. The van der Waals surface area contributed by atoms with Crippen LogP contribution in [-0.2, 0) is 20.9 Å². The number of alkyl halides is 3. The summed E-state index contributed by atoms with van der Waals surface area (Å²) in [5.41, 5.74) is -0.491. The highest BCUT2D eigenvalue weighted by Crippen LogP contribution is 2.32. The fourth-order valence-corrected chi connectivity index (χ4v) is 5.35. The van der Waals surface area contributed by atoms with Crippen molar-refractivity contribution >= 4 is 21.6 Å². The van der Waals surface area contributed by atoms with Crippen LogP contribution in [0.5, 0.6) is 0 Å². The minimum absolute atomic E-state index is 0.0296. The van der Waals surface area contributed by atoms with E-state index in [0.717, 1.165) is 12.3 Å². The number of sulfonamides is 1. The first kappa shape index (κ1) is 22.2. The Hall–Kier alpha value is -2.99. The van der Waals surface area contributed by atoms with Gasteiger partial charge in [-0.25, -0.2) is 13.2 Å². The Kier molecular flexibility index (Phi) is 5.67. The van der Waals surface area contributed by atoms with Crippen LogP contribution in [0.25, 0.3) is 5.65 Å². The van der Waals surface area contributed by atoms with Crippen molar-refractivity contribution in [1.29, 1.82) is 0 Å². The van der Waals surface area contributed by atoms with Crippen molar-refractivity contribution in [1.82, 2.24) is 18.9 Å². The number of nitrogens with zero attached hydrogens (tertiary/aromatic N) is 4. The molecule has 1 aliphatic heterocycles. The van der Waals surface area contributed by atoms with E-state index < -0.39 is 33.7 Å². The van der Waals surface area contributed by atoms with Crippen LogP contribution in [0.2, 0.25) is 0 Å². The van der Waals surface area contributed by atoms with Gasteiger partial charge in [-0.15, -0.1) is 10.2 Å². The van der Waals surface area contributed by atoms with Gasteiger partial charge in [0, 0.05) is 25.2 Å². The Labute approximate surface area is 181 Å². The molecule has 1 fully saturated rings. The van der Waals surface area contributed by atoms with Crippen molar-refractivity contribution in [2.24, 2.45) is 0 Å². The number of hydrogen-bond acceptors (Lipinski definition) is 6. The maximum Gasteiger partial charge on any atom is 0.417 e. The number of benzene rings is 1. The lowest BCUT2D eigenvalue weighted by molar-refractivity contribution is -0.137. The first-order valence-electron chi connectivity index (χ1n) is 9.71. The first-order chi connectivity index (χ1) is 15.1. The van der Waals surface area contributed by atoms with Crippen molar-refractivity contribution in [3.8, 4) is 0 Å². The number of carbonyl (C=O) groups is 1. The lowest BCUT2D eigenvalue weighted by atomic mass is 9.99. The van der Waals surface area contributed by atoms with Gasteiger partial charge in [0.2, 0.25) is 10.0 Å². The van der Waals surface area contributed by atoms with E-state index >= 15 is 0 Å². The number of methoxy groups -OCH3 is 1. The monoisotopic (exact) mass is 468 g/mol. The molecule has 0 aliphatic carbocycles. The van der Waals surface area contributed by atoms with Crippen LogP contribution >= 0.6 is 0 Å². The molecule has 0 spiro atoms. The minimum atomic E-state index is -4.53. The minimum Gasteiger partial charge on any atom is -0.465 e. The Morgan fingerprint density at radius 2 is 1.97 bits per heavy atom. The Morgan fingerprint density at radius 1 is 1.19 bits per heavy atom. The van der Waals surface area contributed by atoms with Gasteiger partial charge in [0.25, 0.3) is 0 Å². The molecule has 32 heavy (non-hydrogen) atoms. The molecule has 4 rings (SSSR count). The second-order valence-electron chi connectivity index (χ2n) is 7.42. The van der Waals surface area contributed by atoms with Gasteiger partial charge < -0.3 is 4.74 Å². The summed E-state index contributed by atoms with van der Waals surface area (Å²) in [5.74, 6) is -0.830. The molecule has 1 aliphatic rings. The highest BCUT2D eigenvalue weighted by Gasteiger charge is 2.35. The van der Waals surface area contributed by atoms with Crippen LogP contribution in [0.3, 0.4) is 0 Å². The number of hydrogen-bond donors (Lipinski definition) is 0. The smallest absolute Gasteiger partial charge is 0.417 e. The topological polar surface area (TPSA) is 93.9 Å². The highest BCUT2D eigenvalue weighted by molar-refractivity contribution is 7.89. The van der Waals surface area contributed by atoms with E-state index in [4.69, 9.17) is 0 Å². The molecule has 0 radical (unpaired) electrons. The van der Waals surface area contributed by atoms with Crippen LogP contribution in [0.4, 0.5) is 13.2 Å². The molecule has 0 saturated carbocycles. The van der Waals surface area contributed by atoms with E-state index in [1.807, 2.05) is 0 Å². The molecule has 1 atom stereocenters. The quantitative estimate of drug-likeness (QED) is 0.547. The summed E-state index contributed by atoms with van der Waals surface area (Å²) in [6.45, 7) is 0.271. The van der Waals surface area contributed by atoms with Crippen molar-refractivity contribution in [3.63, 3.8) is 0 Å². The largest absolute Gasteiger partial charge is 0.465 e. The van der Waals surface area contributed by atoms with Gasteiger partial charge in [-0.3, -0.25) is 4.40 Å². The zero-order valence-corrected chi connectivity index (χ0v) is 17.7. The maximum absolute atomic E-state index is 13.2. The van der Waals surface area contributed by atoms with Crippen molar-refractivity contribution in [2.75, 3.05) is 20.2 Å². The molecule has 1 aromatic carbocycles. The molecule has 0 bridgehead atoms. The SMILES string of the molecule is COC(=O)c1cccc(S(=O)(=O)N2CCCC(c3nnc4ccc(C(F)(F)F)cn34)C2)c1. The summed E-state index contributed by atoms with van der Waals surface area (Å²) < 4.78 is 73.0. The summed E-state index contributed by atoms with van der Waals surface area (Å²) >= 11 is 0. The summed E-state index contributed by atoms with van der Waals surface area (Å²) in [4.78, 5) is 11.7. The molecule has 1 saturated heterocycles. The molecule has 12 heteroatoms. The standard InChI is InChI=1S/C20H19F3N4O4S/c1-31-19(28)13-4-2-6-16(10-13)32(29,30)26-9-3-5-14(11-26)18-25-24-17-8-7-15(12-27(17)18)20(21,22)23/h2,4,6-8,10,12,14H,3,5,9,11H2,1H3. The molecule has 0 N–H and O–H groups in total. The van der Waals surface area contributed by atoms with Crippen LogP contribution in [0.15, 0.2) is 47.5 Å². The third-order valence-corrected chi connectivity index (χ3v) is 7.26. The number of rotatable bonds is 4. The number of halogens is 3. The van der Waals surface area contributed by atoms with E-state index in [1.54, 1.807) is 0 Å². The summed E-state index contributed by atoms with van der Waals surface area (Å²) in [7, 11) is -2.75. The average Bonchev–Trinajstić information content (AvgIpc) is 3.21. The number of piperidine rings is 1. The Morgan fingerprint density at radius 3 is 2.69 bits per heavy atom. The molecule has 1 unspecified atom stereocenters. The van der Waals surface area contributed by atoms with Crippen molar-refractivity contribution < 1.29 is 31.1 Å². The number of pyridine rings is 1. The third kappa shape index (κ3) is 4.07. The van der Waals surface area contributed by atoms with Crippen molar-refractivity contribution in [3.05, 3.63) is 59.5 Å². The normalized spacial score (nSPS) is 18.1. The zero-order chi connectivity index (χ0) is 23.1. The zero-order valence-electron chi connectivity index (χ0n) is 16.9. The fraction of sp³-hybridized carbons (Fsp3) is 0.350. The fourth-order valence-electron chi connectivity index (χ4n) is 3.78. The van der Waals surface area contributed by atoms with Crippen LogP contribution in [-0.4, -0.2) is 53.5 Å².